The van der Waals surface area contributed by atoms with Gasteiger partial charge < -0.3 is 4.98 Å². The van der Waals surface area contributed by atoms with Crippen molar-refractivity contribution in [3.05, 3.63) is 62.0 Å². The van der Waals surface area contributed by atoms with Crippen molar-refractivity contribution in [2.75, 3.05) is 0 Å². The molecule has 3 aromatic rings. The van der Waals surface area contributed by atoms with Crippen molar-refractivity contribution in [3.63, 3.8) is 0 Å². The van der Waals surface area contributed by atoms with E-state index in [1.54, 1.807) is 11.3 Å². The fraction of sp³-hybridized carbons (Fsp3) is 0.368. The van der Waals surface area contributed by atoms with E-state index in [-0.39, 0.29) is 5.56 Å². The van der Waals surface area contributed by atoms with Crippen LogP contribution in [0, 0.1) is 13.8 Å². The summed E-state index contributed by atoms with van der Waals surface area (Å²) in [5.74, 6) is 1.54. The number of aromatic nitrogens is 2. The third-order valence-electron chi connectivity index (χ3n) is 4.82. The highest BCUT2D eigenvalue weighted by Gasteiger charge is 2.20. The molecule has 1 aliphatic rings. The molecule has 0 aliphatic heterocycles. The molecule has 1 aliphatic carbocycles. The first-order chi connectivity index (χ1) is 11.6. The first-order valence-electron chi connectivity index (χ1n) is 8.32. The topological polar surface area (TPSA) is 45.8 Å². The lowest BCUT2D eigenvalue weighted by Crippen LogP contribution is -2.12. The molecule has 0 spiro atoms. The van der Waals surface area contributed by atoms with Gasteiger partial charge >= 0.3 is 0 Å². The lowest BCUT2D eigenvalue weighted by Gasteiger charge is -2.24. The van der Waals surface area contributed by atoms with Crippen molar-refractivity contribution in [3.8, 4) is 0 Å². The Labute approximate surface area is 149 Å². The van der Waals surface area contributed by atoms with Gasteiger partial charge in [-0.2, -0.15) is 0 Å². The zero-order chi connectivity index (χ0) is 16.7. The summed E-state index contributed by atoms with van der Waals surface area (Å²) in [6, 6.07) is 8.74. The fourth-order valence-electron chi connectivity index (χ4n) is 3.43. The number of nitrogens with zero attached hydrogens (tertiary/aromatic N) is 1. The van der Waals surface area contributed by atoms with Gasteiger partial charge in [-0.1, -0.05) is 24.3 Å². The van der Waals surface area contributed by atoms with E-state index in [1.807, 2.05) is 18.7 Å². The summed E-state index contributed by atoms with van der Waals surface area (Å²) in [6.07, 6.45) is 3.62. The Morgan fingerprint density at radius 2 is 2.17 bits per heavy atom. The molecule has 0 saturated carbocycles. The van der Waals surface area contributed by atoms with E-state index in [4.69, 9.17) is 4.98 Å². The van der Waals surface area contributed by atoms with Gasteiger partial charge in [0.15, 0.2) is 0 Å². The molecule has 1 aromatic carbocycles. The Bertz CT molecular complexity index is 958. The molecule has 0 radical (unpaired) electrons. The van der Waals surface area contributed by atoms with Gasteiger partial charge in [0.05, 0.1) is 11.1 Å². The first-order valence-corrected chi connectivity index (χ1v) is 10.2. The maximum atomic E-state index is 12.4. The van der Waals surface area contributed by atoms with E-state index in [0.717, 1.165) is 27.4 Å². The number of hydrogen-bond acceptors (Lipinski definition) is 4. The third kappa shape index (κ3) is 2.80. The molecule has 24 heavy (non-hydrogen) atoms. The molecule has 5 heteroatoms. The smallest absolute Gasteiger partial charge is 0.259 e. The number of hydrogen-bond donors (Lipinski definition) is 1. The molecular formula is C19H20N2OS2. The number of rotatable bonds is 3. The van der Waals surface area contributed by atoms with E-state index < -0.39 is 0 Å². The van der Waals surface area contributed by atoms with Gasteiger partial charge in [0.25, 0.3) is 5.56 Å². The van der Waals surface area contributed by atoms with E-state index >= 15 is 0 Å². The molecule has 2 heterocycles. The van der Waals surface area contributed by atoms with Crippen LogP contribution in [0.2, 0.25) is 0 Å². The normalized spacial score (nSPS) is 17.2. The zero-order valence-electron chi connectivity index (χ0n) is 13.9. The average Bonchev–Trinajstić information content (AvgIpc) is 2.87. The van der Waals surface area contributed by atoms with Crippen molar-refractivity contribution < 1.29 is 0 Å². The summed E-state index contributed by atoms with van der Waals surface area (Å²) in [6.45, 7) is 4.05. The highest BCUT2D eigenvalue weighted by molar-refractivity contribution is 7.98. The lowest BCUT2D eigenvalue weighted by molar-refractivity contribution is 0.673. The molecule has 1 atom stereocenters. The number of benzene rings is 1. The highest BCUT2D eigenvalue weighted by Crippen LogP contribution is 2.40. The number of aryl methyl sites for hydroxylation is 3. The minimum atomic E-state index is 0.00138. The molecule has 0 bridgehead atoms. The summed E-state index contributed by atoms with van der Waals surface area (Å²) in [5.41, 5.74) is 3.99. The number of thioether (sulfide) groups is 1. The molecule has 0 amide bonds. The fourth-order valence-corrected chi connectivity index (χ4v) is 5.72. The van der Waals surface area contributed by atoms with E-state index in [2.05, 4.69) is 36.2 Å². The molecule has 2 aromatic heterocycles. The van der Waals surface area contributed by atoms with Crippen LogP contribution in [0.5, 0.6) is 0 Å². The highest BCUT2D eigenvalue weighted by atomic mass is 32.2. The van der Waals surface area contributed by atoms with Gasteiger partial charge in [-0.15, -0.1) is 23.1 Å². The SMILES string of the molecule is Cc1sc2nc(CSC3CCCc4ccccc43)[nH]c(=O)c2c1C. The minimum absolute atomic E-state index is 0.00138. The van der Waals surface area contributed by atoms with Crippen LogP contribution >= 0.6 is 23.1 Å². The van der Waals surface area contributed by atoms with E-state index in [1.165, 1.54) is 35.3 Å². The van der Waals surface area contributed by atoms with Crippen LogP contribution in [-0.4, -0.2) is 9.97 Å². The summed E-state index contributed by atoms with van der Waals surface area (Å²) >= 11 is 3.51. The van der Waals surface area contributed by atoms with Gasteiger partial charge in [-0.05, 0) is 49.8 Å². The van der Waals surface area contributed by atoms with Crippen molar-refractivity contribution in [2.45, 2.75) is 44.1 Å². The first kappa shape index (κ1) is 15.9. The molecule has 1 N–H and O–H groups in total. The van der Waals surface area contributed by atoms with Crippen molar-refractivity contribution >= 4 is 33.3 Å². The predicted molar refractivity (Wildman–Crippen MR) is 103 cm³/mol. The van der Waals surface area contributed by atoms with Crippen LogP contribution in [-0.2, 0) is 12.2 Å². The van der Waals surface area contributed by atoms with Crippen LogP contribution in [0.25, 0.3) is 10.2 Å². The largest absolute Gasteiger partial charge is 0.309 e. The van der Waals surface area contributed by atoms with E-state index in [0.29, 0.717) is 5.25 Å². The van der Waals surface area contributed by atoms with Gasteiger partial charge in [0.1, 0.15) is 10.7 Å². The molecule has 124 valence electrons. The Morgan fingerprint density at radius 3 is 3.04 bits per heavy atom. The molecule has 4 rings (SSSR count). The summed E-state index contributed by atoms with van der Waals surface area (Å²) < 4.78 is 0. The minimum Gasteiger partial charge on any atom is -0.309 e. The van der Waals surface area contributed by atoms with Crippen LogP contribution < -0.4 is 5.56 Å². The Morgan fingerprint density at radius 1 is 1.33 bits per heavy atom. The van der Waals surface area contributed by atoms with Gasteiger partial charge in [-0.25, -0.2) is 4.98 Å². The quantitative estimate of drug-likeness (QED) is 0.725. The Hall–Kier alpha value is -1.59. The monoisotopic (exact) mass is 356 g/mol. The number of H-pyrrole nitrogens is 1. The van der Waals surface area contributed by atoms with Crippen molar-refractivity contribution in [2.24, 2.45) is 0 Å². The second kappa shape index (κ2) is 6.37. The second-order valence-electron chi connectivity index (χ2n) is 6.37. The zero-order valence-corrected chi connectivity index (χ0v) is 15.5. The van der Waals surface area contributed by atoms with Crippen LogP contribution in [0.15, 0.2) is 29.1 Å². The molecule has 1 unspecified atom stereocenters. The average molecular weight is 357 g/mol. The van der Waals surface area contributed by atoms with Gasteiger partial charge in [0, 0.05) is 10.1 Å². The standard InChI is InChI=1S/C19H20N2OS2/c1-11-12(2)24-19-17(11)18(22)20-16(21-19)10-23-15-9-5-7-13-6-3-4-8-14(13)15/h3-4,6,8,15H,5,7,9-10H2,1-2H3,(H,20,21,22). The molecular weight excluding hydrogens is 336 g/mol. The number of aromatic amines is 1. The maximum Gasteiger partial charge on any atom is 0.259 e. The summed E-state index contributed by atoms with van der Waals surface area (Å²) in [4.78, 5) is 22.1. The number of thiophene rings is 1. The maximum absolute atomic E-state index is 12.4. The summed E-state index contributed by atoms with van der Waals surface area (Å²) in [5, 5.41) is 1.26. The predicted octanol–water partition coefficient (Wildman–Crippen LogP) is 4.91. The molecule has 0 fully saturated rings. The Kier molecular flexibility index (Phi) is 4.22. The van der Waals surface area contributed by atoms with Gasteiger partial charge in [0.2, 0.25) is 0 Å². The van der Waals surface area contributed by atoms with Crippen LogP contribution in [0.3, 0.4) is 0 Å². The summed E-state index contributed by atoms with van der Waals surface area (Å²) in [7, 11) is 0. The second-order valence-corrected chi connectivity index (χ2v) is 8.76. The van der Waals surface area contributed by atoms with Crippen LogP contribution in [0.4, 0.5) is 0 Å². The van der Waals surface area contributed by atoms with Crippen molar-refractivity contribution in [1.82, 2.24) is 9.97 Å². The third-order valence-corrected chi connectivity index (χ3v) is 7.26. The van der Waals surface area contributed by atoms with E-state index in [9.17, 15) is 4.79 Å². The van der Waals surface area contributed by atoms with Gasteiger partial charge in [-0.3, -0.25) is 4.79 Å². The lowest BCUT2D eigenvalue weighted by atomic mass is 9.91. The molecule has 3 nitrogen and oxygen atoms in total. The number of fused-ring (bicyclic) bond motifs is 2. The molecule has 0 saturated heterocycles. The van der Waals surface area contributed by atoms with Crippen molar-refractivity contribution in [1.29, 1.82) is 0 Å². The number of nitrogens with one attached hydrogen (secondary N) is 1. The van der Waals surface area contributed by atoms with Crippen LogP contribution in [0.1, 0.15) is 45.5 Å². The Balaban J connectivity index is 1.59.